The molecule has 0 spiro atoms. The van der Waals surface area contributed by atoms with Crippen molar-refractivity contribution in [3.63, 3.8) is 0 Å². The fourth-order valence-corrected chi connectivity index (χ4v) is 4.05. The molecule has 10 heteroatoms. The van der Waals surface area contributed by atoms with E-state index in [1.807, 2.05) is 0 Å². The Morgan fingerprint density at radius 3 is 2.50 bits per heavy atom. The van der Waals surface area contributed by atoms with Crippen LogP contribution >= 0.6 is 46.8 Å². The zero-order valence-corrected chi connectivity index (χ0v) is 15.0. The van der Waals surface area contributed by atoms with Crippen molar-refractivity contribution in [2.24, 2.45) is 0 Å². The summed E-state index contributed by atoms with van der Waals surface area (Å²) in [5.41, 5.74) is 0.686. The summed E-state index contributed by atoms with van der Waals surface area (Å²) in [6.45, 7) is 0. The van der Waals surface area contributed by atoms with Gasteiger partial charge in [-0.25, -0.2) is 8.42 Å². The van der Waals surface area contributed by atoms with Crippen LogP contribution in [0.25, 0.3) is 0 Å². The quantitative estimate of drug-likeness (QED) is 0.681. The van der Waals surface area contributed by atoms with Gasteiger partial charge in [0.1, 0.15) is 0 Å². The van der Waals surface area contributed by atoms with E-state index in [9.17, 15) is 13.5 Å². The number of hydrogen-bond donors (Lipinski definition) is 3. The molecule has 0 aliphatic carbocycles. The van der Waals surface area contributed by atoms with Gasteiger partial charge in [0.25, 0.3) is 0 Å². The van der Waals surface area contributed by atoms with Crippen LogP contribution in [0.1, 0.15) is 0 Å². The first-order valence-corrected chi connectivity index (χ1v) is 9.66. The van der Waals surface area contributed by atoms with Crippen LogP contribution < -0.4 is 10.6 Å². The molecule has 2 rings (SSSR count). The third-order valence-corrected chi connectivity index (χ3v) is 6.36. The number of thiocarbonyl (C=S) groups is 1. The molecule has 0 aliphatic heterocycles. The Morgan fingerprint density at radius 1 is 1.27 bits per heavy atom. The van der Waals surface area contributed by atoms with Gasteiger partial charge in [-0.3, -0.25) is 0 Å². The third-order valence-electron chi connectivity index (χ3n) is 2.52. The Kier molecular flexibility index (Phi) is 5.18. The van der Waals surface area contributed by atoms with Crippen LogP contribution in [0.2, 0.25) is 10.0 Å². The van der Waals surface area contributed by atoms with Crippen molar-refractivity contribution in [3.8, 4) is 5.75 Å². The van der Waals surface area contributed by atoms with Gasteiger partial charge < -0.3 is 15.7 Å². The summed E-state index contributed by atoms with van der Waals surface area (Å²) in [6.07, 6.45) is 1.02. The van der Waals surface area contributed by atoms with Crippen molar-refractivity contribution in [2.45, 2.75) is 4.21 Å². The maximum Gasteiger partial charge on any atom is 0.188 e. The fraction of sp³-hybridized carbons (Fsp3) is 0.0833. The van der Waals surface area contributed by atoms with E-state index in [0.29, 0.717) is 15.7 Å². The number of sulfone groups is 1. The molecule has 0 unspecified atom stereocenters. The van der Waals surface area contributed by atoms with E-state index < -0.39 is 9.84 Å². The van der Waals surface area contributed by atoms with Gasteiger partial charge in [-0.05, 0) is 24.4 Å². The van der Waals surface area contributed by atoms with Crippen molar-refractivity contribution in [2.75, 3.05) is 16.9 Å². The molecule has 0 fully saturated rings. The molecule has 118 valence electrons. The number of nitrogens with one attached hydrogen (secondary N) is 2. The first kappa shape index (κ1) is 17.3. The summed E-state index contributed by atoms with van der Waals surface area (Å²) < 4.78 is 22.8. The summed E-state index contributed by atoms with van der Waals surface area (Å²) >= 11 is 17.9. The normalized spacial score (nSPS) is 11.2. The fourth-order valence-electron chi connectivity index (χ4n) is 1.56. The van der Waals surface area contributed by atoms with Gasteiger partial charge in [-0.15, -0.1) is 11.3 Å². The van der Waals surface area contributed by atoms with Crippen LogP contribution in [-0.2, 0) is 9.84 Å². The predicted molar refractivity (Wildman–Crippen MR) is 95.4 cm³/mol. The van der Waals surface area contributed by atoms with E-state index in [4.69, 9.17) is 35.4 Å². The van der Waals surface area contributed by atoms with Gasteiger partial charge in [0.15, 0.2) is 24.9 Å². The molecule has 1 aromatic carbocycles. The van der Waals surface area contributed by atoms with Gasteiger partial charge in [0.05, 0.1) is 21.4 Å². The molecule has 0 aliphatic rings. The van der Waals surface area contributed by atoms with Crippen LogP contribution in [0.5, 0.6) is 5.75 Å². The SMILES string of the molecule is CS(=O)(=O)c1scc(NC(=S)Nc2cccc(Cl)c2Cl)c1O. The molecule has 3 N–H and O–H groups in total. The molecule has 1 heterocycles. The largest absolute Gasteiger partial charge is 0.504 e. The molecule has 2 aromatic rings. The number of halogens is 2. The molecule has 1 aromatic heterocycles. The highest BCUT2D eigenvalue weighted by Gasteiger charge is 2.20. The molecule has 0 bridgehead atoms. The van der Waals surface area contributed by atoms with Gasteiger partial charge in [-0.2, -0.15) is 0 Å². The average Bonchev–Trinajstić information content (AvgIpc) is 2.76. The monoisotopic (exact) mass is 396 g/mol. The van der Waals surface area contributed by atoms with E-state index in [1.54, 1.807) is 18.2 Å². The highest BCUT2D eigenvalue weighted by atomic mass is 35.5. The maximum absolute atomic E-state index is 11.5. The van der Waals surface area contributed by atoms with Crippen LogP contribution in [0.3, 0.4) is 0 Å². The van der Waals surface area contributed by atoms with E-state index in [0.717, 1.165) is 17.6 Å². The Bertz CT molecular complexity index is 834. The van der Waals surface area contributed by atoms with E-state index in [2.05, 4.69) is 10.6 Å². The lowest BCUT2D eigenvalue weighted by molar-refractivity contribution is 0.467. The van der Waals surface area contributed by atoms with Crippen molar-refractivity contribution in [3.05, 3.63) is 33.6 Å². The summed E-state index contributed by atoms with van der Waals surface area (Å²) in [4.78, 5) is 0. The van der Waals surface area contributed by atoms with Crippen molar-refractivity contribution >= 4 is 73.1 Å². The Morgan fingerprint density at radius 2 is 1.91 bits per heavy atom. The first-order valence-electron chi connectivity index (χ1n) is 5.72. The van der Waals surface area contributed by atoms with Gasteiger partial charge in [0.2, 0.25) is 0 Å². The molecular formula is C12H10Cl2N2O3S3. The lowest BCUT2D eigenvalue weighted by atomic mass is 10.3. The number of thiophene rings is 1. The Balaban J connectivity index is 2.17. The Hall–Kier alpha value is -1.06. The smallest absolute Gasteiger partial charge is 0.188 e. The van der Waals surface area contributed by atoms with E-state index in [1.165, 1.54) is 5.38 Å². The van der Waals surface area contributed by atoms with Crippen LogP contribution in [0.4, 0.5) is 11.4 Å². The Labute approximate surface area is 146 Å². The van der Waals surface area contributed by atoms with Crippen LogP contribution in [0.15, 0.2) is 27.8 Å². The molecule has 5 nitrogen and oxygen atoms in total. The average molecular weight is 397 g/mol. The van der Waals surface area contributed by atoms with Crippen molar-refractivity contribution in [1.82, 2.24) is 0 Å². The third kappa shape index (κ3) is 3.82. The second kappa shape index (κ2) is 6.59. The molecule has 0 radical (unpaired) electrons. The van der Waals surface area contributed by atoms with Gasteiger partial charge >= 0.3 is 0 Å². The minimum atomic E-state index is -3.49. The standard InChI is InChI=1S/C12H10Cl2N2O3S3/c1-22(18,19)11-10(17)8(5-21-11)16-12(20)15-7-4-2-3-6(13)9(7)14/h2-5,17H,1H3,(H2,15,16,20). The van der Waals surface area contributed by atoms with Crippen molar-refractivity contribution in [1.29, 1.82) is 0 Å². The van der Waals surface area contributed by atoms with Gasteiger partial charge in [-0.1, -0.05) is 29.3 Å². The maximum atomic E-state index is 11.5. The second-order valence-corrected chi connectivity index (χ2v) is 8.52. The highest BCUT2D eigenvalue weighted by molar-refractivity contribution is 7.92. The lowest BCUT2D eigenvalue weighted by Gasteiger charge is -2.11. The molecule has 0 amide bonds. The second-order valence-electron chi connectivity index (χ2n) is 4.24. The minimum absolute atomic E-state index is 0.126. The molecular weight excluding hydrogens is 387 g/mol. The lowest BCUT2D eigenvalue weighted by Crippen LogP contribution is -2.19. The molecule has 22 heavy (non-hydrogen) atoms. The zero-order valence-electron chi connectivity index (χ0n) is 11.1. The molecule has 0 saturated carbocycles. The number of benzene rings is 1. The summed E-state index contributed by atoms with van der Waals surface area (Å²) in [5, 5.41) is 17.7. The number of anilines is 2. The zero-order chi connectivity index (χ0) is 16.5. The number of aromatic hydroxyl groups is 1. The first-order chi connectivity index (χ1) is 10.2. The van der Waals surface area contributed by atoms with Gasteiger partial charge in [0, 0.05) is 11.6 Å². The minimum Gasteiger partial charge on any atom is -0.504 e. The summed E-state index contributed by atoms with van der Waals surface area (Å²) in [5.74, 6) is -0.367. The topological polar surface area (TPSA) is 78.4 Å². The molecule has 0 atom stereocenters. The summed E-state index contributed by atoms with van der Waals surface area (Å²) in [6, 6.07) is 5.01. The van der Waals surface area contributed by atoms with Crippen LogP contribution in [-0.4, -0.2) is 24.9 Å². The number of rotatable bonds is 3. The summed E-state index contributed by atoms with van der Waals surface area (Å²) in [7, 11) is -3.49. The highest BCUT2D eigenvalue weighted by Crippen LogP contribution is 2.37. The van der Waals surface area contributed by atoms with E-state index in [-0.39, 0.29) is 20.8 Å². The molecule has 0 saturated heterocycles. The van der Waals surface area contributed by atoms with E-state index >= 15 is 0 Å². The van der Waals surface area contributed by atoms with Crippen LogP contribution in [0, 0.1) is 0 Å². The van der Waals surface area contributed by atoms with Crippen molar-refractivity contribution < 1.29 is 13.5 Å². The number of hydrogen-bond acceptors (Lipinski definition) is 5. The predicted octanol–water partition coefficient (Wildman–Crippen LogP) is 3.97.